The van der Waals surface area contributed by atoms with Gasteiger partial charge in [0.05, 0.1) is 0 Å². The standard InChI is InChI=1S/C10H13NO.C6H10/c1-3-11-10(12)9-6-4-8(2)5-7-9;1-3-5-6-4-2/h4-7H,3H2,1-2H3,(H,11,12);3-6H,1-2H3/b;5-3-,6-4-. The zero-order valence-corrected chi connectivity index (χ0v) is 11.7. The molecule has 0 aliphatic carbocycles. The Hall–Kier alpha value is -1.83. The minimum absolute atomic E-state index is 0.00231. The molecule has 2 heteroatoms. The molecule has 0 aliphatic rings. The van der Waals surface area contributed by atoms with Crippen molar-refractivity contribution in [3.63, 3.8) is 0 Å². The smallest absolute Gasteiger partial charge is 0.251 e. The van der Waals surface area contributed by atoms with E-state index in [1.807, 2.05) is 76.3 Å². The fourth-order valence-electron chi connectivity index (χ4n) is 1.19. The lowest BCUT2D eigenvalue weighted by molar-refractivity contribution is 0.0956. The molecule has 1 N–H and O–H groups in total. The average molecular weight is 245 g/mol. The Morgan fingerprint density at radius 1 is 1.11 bits per heavy atom. The van der Waals surface area contributed by atoms with Crippen LogP contribution in [0.2, 0.25) is 0 Å². The van der Waals surface area contributed by atoms with Crippen LogP contribution >= 0.6 is 0 Å². The van der Waals surface area contributed by atoms with E-state index in [1.165, 1.54) is 5.56 Å². The van der Waals surface area contributed by atoms with E-state index in [0.717, 1.165) is 5.56 Å². The van der Waals surface area contributed by atoms with Crippen LogP contribution < -0.4 is 5.32 Å². The van der Waals surface area contributed by atoms with Crippen LogP contribution in [0.1, 0.15) is 36.7 Å². The number of carbonyl (C=O) groups is 1. The number of hydrogen-bond donors (Lipinski definition) is 1. The van der Waals surface area contributed by atoms with Gasteiger partial charge in [0.1, 0.15) is 0 Å². The molecule has 0 saturated heterocycles. The zero-order chi connectivity index (χ0) is 13.8. The van der Waals surface area contributed by atoms with Gasteiger partial charge in [0, 0.05) is 12.1 Å². The van der Waals surface area contributed by atoms with Gasteiger partial charge in [-0.1, -0.05) is 42.0 Å². The van der Waals surface area contributed by atoms with Crippen molar-refractivity contribution in [3.8, 4) is 0 Å². The van der Waals surface area contributed by atoms with Gasteiger partial charge in [-0.05, 0) is 39.8 Å². The Balaban J connectivity index is 0.000000411. The number of benzene rings is 1. The van der Waals surface area contributed by atoms with Crippen LogP contribution in [0.25, 0.3) is 0 Å². The molecule has 0 saturated carbocycles. The van der Waals surface area contributed by atoms with Crippen LogP contribution in [0.15, 0.2) is 48.6 Å². The molecule has 0 heterocycles. The summed E-state index contributed by atoms with van der Waals surface area (Å²) in [5.74, 6) is -0.00231. The van der Waals surface area contributed by atoms with Gasteiger partial charge in [0.15, 0.2) is 0 Å². The van der Waals surface area contributed by atoms with Gasteiger partial charge in [-0.25, -0.2) is 0 Å². The molecule has 0 aliphatic heterocycles. The molecule has 1 aromatic rings. The highest BCUT2D eigenvalue weighted by Gasteiger charge is 2.01. The summed E-state index contributed by atoms with van der Waals surface area (Å²) in [6, 6.07) is 7.54. The van der Waals surface area contributed by atoms with Crippen molar-refractivity contribution < 1.29 is 4.79 Å². The lowest BCUT2D eigenvalue weighted by atomic mass is 10.1. The van der Waals surface area contributed by atoms with Crippen LogP contribution in [-0.4, -0.2) is 12.5 Å². The number of rotatable bonds is 3. The number of hydrogen-bond acceptors (Lipinski definition) is 1. The van der Waals surface area contributed by atoms with E-state index in [1.54, 1.807) is 0 Å². The zero-order valence-electron chi connectivity index (χ0n) is 11.7. The predicted octanol–water partition coefficient (Wildman–Crippen LogP) is 3.88. The Morgan fingerprint density at radius 2 is 1.61 bits per heavy atom. The summed E-state index contributed by atoms with van der Waals surface area (Å²) >= 11 is 0. The molecular weight excluding hydrogens is 222 g/mol. The first-order valence-electron chi connectivity index (χ1n) is 6.24. The molecule has 0 radical (unpaired) electrons. The van der Waals surface area contributed by atoms with Crippen LogP contribution in [0.3, 0.4) is 0 Å². The highest BCUT2D eigenvalue weighted by Crippen LogP contribution is 2.02. The predicted molar refractivity (Wildman–Crippen MR) is 78.8 cm³/mol. The first kappa shape index (κ1) is 16.2. The number of nitrogens with one attached hydrogen (secondary N) is 1. The third kappa shape index (κ3) is 7.44. The van der Waals surface area contributed by atoms with Crippen molar-refractivity contribution in [2.24, 2.45) is 0 Å². The highest BCUT2D eigenvalue weighted by molar-refractivity contribution is 5.94. The molecule has 0 aromatic heterocycles. The summed E-state index contributed by atoms with van der Waals surface area (Å²) in [5.41, 5.74) is 1.89. The Bertz CT molecular complexity index is 378. The SMILES string of the molecule is C/C=C\C=C/C.CCNC(=O)c1ccc(C)cc1. The summed E-state index contributed by atoms with van der Waals surface area (Å²) in [6.07, 6.45) is 8.00. The topological polar surface area (TPSA) is 29.1 Å². The van der Waals surface area contributed by atoms with Crippen molar-refractivity contribution >= 4 is 5.91 Å². The molecule has 98 valence electrons. The largest absolute Gasteiger partial charge is 0.352 e. The van der Waals surface area contributed by atoms with E-state index < -0.39 is 0 Å². The van der Waals surface area contributed by atoms with Gasteiger partial charge in [0.25, 0.3) is 5.91 Å². The van der Waals surface area contributed by atoms with Crippen LogP contribution in [0.4, 0.5) is 0 Å². The van der Waals surface area contributed by atoms with Crippen molar-refractivity contribution in [1.82, 2.24) is 5.32 Å². The van der Waals surface area contributed by atoms with Crippen molar-refractivity contribution in [3.05, 3.63) is 59.7 Å². The molecule has 18 heavy (non-hydrogen) atoms. The number of aryl methyl sites for hydroxylation is 1. The molecule has 0 fully saturated rings. The first-order valence-corrected chi connectivity index (χ1v) is 6.24. The van der Waals surface area contributed by atoms with E-state index in [-0.39, 0.29) is 5.91 Å². The third-order valence-corrected chi connectivity index (χ3v) is 2.15. The van der Waals surface area contributed by atoms with Gasteiger partial charge in [-0.3, -0.25) is 4.79 Å². The minimum atomic E-state index is -0.00231. The minimum Gasteiger partial charge on any atom is -0.352 e. The second kappa shape index (κ2) is 10.3. The second-order valence-corrected chi connectivity index (χ2v) is 3.78. The maximum atomic E-state index is 11.2. The van der Waals surface area contributed by atoms with Crippen LogP contribution in [0, 0.1) is 6.92 Å². The van der Waals surface area contributed by atoms with Gasteiger partial charge < -0.3 is 5.32 Å². The summed E-state index contributed by atoms with van der Waals surface area (Å²) in [4.78, 5) is 11.2. The third-order valence-electron chi connectivity index (χ3n) is 2.15. The summed E-state index contributed by atoms with van der Waals surface area (Å²) in [5, 5.41) is 2.74. The summed E-state index contributed by atoms with van der Waals surface area (Å²) in [7, 11) is 0. The van der Waals surface area contributed by atoms with E-state index in [4.69, 9.17) is 0 Å². The van der Waals surface area contributed by atoms with Crippen molar-refractivity contribution in [1.29, 1.82) is 0 Å². The fraction of sp³-hybridized carbons (Fsp3) is 0.312. The molecular formula is C16H23NO. The van der Waals surface area contributed by atoms with Gasteiger partial charge in [-0.15, -0.1) is 0 Å². The number of carbonyl (C=O) groups excluding carboxylic acids is 1. The first-order chi connectivity index (χ1) is 8.65. The lowest BCUT2D eigenvalue weighted by Crippen LogP contribution is -2.22. The quantitative estimate of drug-likeness (QED) is 0.804. The normalized spacial score (nSPS) is 10.2. The average Bonchev–Trinajstić information content (AvgIpc) is 2.38. The molecule has 1 aromatic carbocycles. The molecule has 2 nitrogen and oxygen atoms in total. The number of allylic oxidation sites excluding steroid dienone is 4. The maximum Gasteiger partial charge on any atom is 0.251 e. The summed E-state index contributed by atoms with van der Waals surface area (Å²) < 4.78 is 0. The molecule has 1 amide bonds. The number of amides is 1. The van der Waals surface area contributed by atoms with E-state index in [9.17, 15) is 4.79 Å². The van der Waals surface area contributed by atoms with E-state index >= 15 is 0 Å². The van der Waals surface area contributed by atoms with Gasteiger partial charge >= 0.3 is 0 Å². The van der Waals surface area contributed by atoms with Crippen LogP contribution in [0.5, 0.6) is 0 Å². The van der Waals surface area contributed by atoms with Gasteiger partial charge in [-0.2, -0.15) is 0 Å². The summed E-state index contributed by atoms with van der Waals surface area (Å²) in [6.45, 7) is 8.58. The Morgan fingerprint density at radius 3 is 2.00 bits per heavy atom. The highest BCUT2D eigenvalue weighted by atomic mass is 16.1. The lowest BCUT2D eigenvalue weighted by Gasteiger charge is -2.01. The van der Waals surface area contributed by atoms with Gasteiger partial charge in [0.2, 0.25) is 0 Å². The molecule has 0 atom stereocenters. The molecule has 0 bridgehead atoms. The fourth-order valence-corrected chi connectivity index (χ4v) is 1.19. The van der Waals surface area contributed by atoms with E-state index in [2.05, 4.69) is 5.32 Å². The Labute approximate surface area is 110 Å². The Kier molecular flexibility index (Phi) is 9.28. The molecule has 0 unspecified atom stereocenters. The van der Waals surface area contributed by atoms with Crippen molar-refractivity contribution in [2.45, 2.75) is 27.7 Å². The van der Waals surface area contributed by atoms with Crippen molar-refractivity contribution in [2.75, 3.05) is 6.54 Å². The maximum absolute atomic E-state index is 11.2. The van der Waals surface area contributed by atoms with Crippen LogP contribution in [-0.2, 0) is 0 Å². The molecule has 0 spiro atoms. The van der Waals surface area contributed by atoms with E-state index in [0.29, 0.717) is 6.54 Å². The second-order valence-electron chi connectivity index (χ2n) is 3.78. The molecule has 1 rings (SSSR count). The monoisotopic (exact) mass is 245 g/mol.